The Labute approximate surface area is 116 Å². The lowest BCUT2D eigenvalue weighted by atomic mass is 10.1. The van der Waals surface area contributed by atoms with Gasteiger partial charge in [-0.25, -0.2) is 4.79 Å². The van der Waals surface area contributed by atoms with Gasteiger partial charge in [0.05, 0.1) is 30.9 Å². The molecule has 0 bridgehead atoms. The zero-order valence-electron chi connectivity index (χ0n) is 11.4. The number of carbonyl (C=O) groups excluding carboxylic acids is 1. The molecule has 0 spiro atoms. The second kappa shape index (κ2) is 7.46. The van der Waals surface area contributed by atoms with Crippen LogP contribution in [0.1, 0.15) is 16.8 Å². The van der Waals surface area contributed by atoms with E-state index in [0.717, 1.165) is 0 Å². The summed E-state index contributed by atoms with van der Waals surface area (Å²) in [6.45, 7) is 0.218. The van der Waals surface area contributed by atoms with Crippen LogP contribution in [0.5, 0.6) is 5.75 Å². The maximum Gasteiger partial charge on any atom is 0.335 e. The number of methoxy groups -OCH3 is 2. The molecule has 0 aliphatic heterocycles. The van der Waals surface area contributed by atoms with Crippen LogP contribution in [0.3, 0.4) is 0 Å². The first kappa shape index (κ1) is 15.9. The fourth-order valence-electron chi connectivity index (χ4n) is 1.61. The van der Waals surface area contributed by atoms with E-state index in [9.17, 15) is 9.59 Å². The lowest BCUT2D eigenvalue weighted by Gasteiger charge is -2.14. The van der Waals surface area contributed by atoms with Gasteiger partial charge in [0.15, 0.2) is 0 Å². The topological polar surface area (TPSA) is 111 Å². The van der Waals surface area contributed by atoms with E-state index in [0.29, 0.717) is 11.4 Å². The quantitative estimate of drug-likeness (QED) is 0.678. The Kier molecular flexibility index (Phi) is 5.95. The number of carboxylic acids is 1. The van der Waals surface area contributed by atoms with Gasteiger partial charge in [0.1, 0.15) is 5.75 Å². The van der Waals surface area contributed by atoms with Crippen LogP contribution in [-0.2, 0) is 9.53 Å². The summed E-state index contributed by atoms with van der Waals surface area (Å²) in [6.07, 6.45) is -0.309. The lowest BCUT2D eigenvalue weighted by Crippen LogP contribution is -2.28. The molecule has 1 aromatic rings. The van der Waals surface area contributed by atoms with Gasteiger partial charge in [-0.3, -0.25) is 4.79 Å². The van der Waals surface area contributed by atoms with Gasteiger partial charge < -0.3 is 25.6 Å². The Morgan fingerprint density at radius 3 is 2.60 bits per heavy atom. The summed E-state index contributed by atoms with van der Waals surface area (Å²) >= 11 is 0. The Balaban J connectivity index is 2.86. The van der Waals surface area contributed by atoms with Crippen molar-refractivity contribution in [3.63, 3.8) is 0 Å². The minimum absolute atomic E-state index is 0.0585. The van der Waals surface area contributed by atoms with Gasteiger partial charge in [-0.05, 0) is 18.2 Å². The van der Waals surface area contributed by atoms with E-state index in [4.69, 9.17) is 20.3 Å². The SMILES string of the molecule is COc1ccc(C(=O)O)cc1NC(=O)CC(CN)OC. The first-order valence-corrected chi connectivity index (χ1v) is 5.95. The van der Waals surface area contributed by atoms with Crippen LogP contribution in [0.2, 0.25) is 0 Å². The van der Waals surface area contributed by atoms with Crippen LogP contribution >= 0.6 is 0 Å². The number of nitrogens with two attached hydrogens (primary N) is 1. The maximum absolute atomic E-state index is 11.8. The second-order valence-corrected chi connectivity index (χ2v) is 4.07. The number of rotatable bonds is 7. The molecule has 1 unspecified atom stereocenters. The highest BCUT2D eigenvalue weighted by atomic mass is 16.5. The zero-order valence-corrected chi connectivity index (χ0v) is 11.4. The number of amides is 1. The summed E-state index contributed by atoms with van der Waals surface area (Å²) in [4.78, 5) is 22.8. The van der Waals surface area contributed by atoms with E-state index >= 15 is 0 Å². The summed E-state index contributed by atoms with van der Waals surface area (Å²) < 4.78 is 10.1. The van der Waals surface area contributed by atoms with Crippen molar-refractivity contribution in [2.24, 2.45) is 5.73 Å². The minimum atomic E-state index is -1.08. The average molecular weight is 282 g/mol. The minimum Gasteiger partial charge on any atom is -0.495 e. The van der Waals surface area contributed by atoms with E-state index in [1.165, 1.54) is 32.4 Å². The highest BCUT2D eigenvalue weighted by Crippen LogP contribution is 2.25. The molecule has 0 heterocycles. The van der Waals surface area contributed by atoms with Crippen LogP contribution in [0.25, 0.3) is 0 Å². The second-order valence-electron chi connectivity index (χ2n) is 4.07. The molecule has 1 amide bonds. The van der Waals surface area contributed by atoms with Gasteiger partial charge in [-0.1, -0.05) is 0 Å². The highest BCUT2D eigenvalue weighted by molar-refractivity contribution is 5.95. The first-order valence-electron chi connectivity index (χ1n) is 5.95. The van der Waals surface area contributed by atoms with Crippen LogP contribution in [0.15, 0.2) is 18.2 Å². The van der Waals surface area contributed by atoms with Crippen LogP contribution in [-0.4, -0.2) is 43.9 Å². The Hall–Kier alpha value is -2.12. The number of hydrogen-bond acceptors (Lipinski definition) is 5. The molecule has 1 atom stereocenters. The summed E-state index contributed by atoms with van der Waals surface area (Å²) in [5.74, 6) is -1.03. The molecule has 0 aliphatic carbocycles. The molecule has 0 fully saturated rings. The predicted octanol–water partition coefficient (Wildman–Crippen LogP) is 0.696. The Morgan fingerprint density at radius 2 is 2.10 bits per heavy atom. The van der Waals surface area contributed by atoms with Crippen LogP contribution < -0.4 is 15.8 Å². The number of anilines is 1. The number of nitrogens with one attached hydrogen (secondary N) is 1. The van der Waals surface area contributed by atoms with Gasteiger partial charge in [-0.15, -0.1) is 0 Å². The third-order valence-corrected chi connectivity index (χ3v) is 2.73. The van der Waals surface area contributed by atoms with Gasteiger partial charge in [0.25, 0.3) is 0 Å². The number of ether oxygens (including phenoxy) is 2. The molecule has 110 valence electrons. The Morgan fingerprint density at radius 1 is 1.40 bits per heavy atom. The molecule has 7 heteroatoms. The fourth-order valence-corrected chi connectivity index (χ4v) is 1.61. The first-order chi connectivity index (χ1) is 9.51. The standard InChI is InChI=1S/C13H18N2O5/c1-19-9(7-14)6-12(16)15-10-5-8(13(17)18)3-4-11(10)20-2/h3-5,9H,6-7,14H2,1-2H3,(H,15,16)(H,17,18). The molecule has 1 rings (SSSR count). The number of carbonyl (C=O) groups is 2. The van der Waals surface area contributed by atoms with Gasteiger partial charge in [0.2, 0.25) is 5.91 Å². The molecular formula is C13H18N2O5. The molecule has 7 nitrogen and oxygen atoms in total. The maximum atomic E-state index is 11.8. The molecule has 0 radical (unpaired) electrons. The van der Waals surface area contributed by atoms with Crippen molar-refractivity contribution in [1.29, 1.82) is 0 Å². The molecule has 4 N–H and O–H groups in total. The predicted molar refractivity (Wildman–Crippen MR) is 73.1 cm³/mol. The zero-order chi connectivity index (χ0) is 15.1. The van der Waals surface area contributed by atoms with Crippen LogP contribution in [0.4, 0.5) is 5.69 Å². The monoisotopic (exact) mass is 282 g/mol. The summed E-state index contributed by atoms with van der Waals surface area (Å²) in [7, 11) is 2.90. The fraction of sp³-hybridized carbons (Fsp3) is 0.385. The van der Waals surface area contributed by atoms with E-state index in [1.807, 2.05) is 0 Å². The molecule has 1 aromatic carbocycles. The number of benzene rings is 1. The number of hydrogen-bond donors (Lipinski definition) is 3. The van der Waals surface area contributed by atoms with Crippen molar-refractivity contribution in [1.82, 2.24) is 0 Å². The largest absolute Gasteiger partial charge is 0.495 e. The van der Waals surface area contributed by atoms with E-state index in [-0.39, 0.29) is 30.5 Å². The van der Waals surface area contributed by atoms with Gasteiger partial charge in [0, 0.05) is 13.7 Å². The van der Waals surface area contributed by atoms with E-state index in [2.05, 4.69) is 5.32 Å². The summed E-state index contributed by atoms with van der Waals surface area (Å²) in [5.41, 5.74) is 5.79. The highest BCUT2D eigenvalue weighted by Gasteiger charge is 2.15. The van der Waals surface area contributed by atoms with Gasteiger partial charge >= 0.3 is 5.97 Å². The molecule has 0 saturated carbocycles. The Bertz CT molecular complexity index is 486. The molecule has 20 heavy (non-hydrogen) atoms. The third kappa shape index (κ3) is 4.22. The molecular weight excluding hydrogens is 264 g/mol. The van der Waals surface area contributed by atoms with Crippen molar-refractivity contribution in [2.75, 3.05) is 26.1 Å². The number of carboxylic acid groups (broad SMARTS) is 1. The normalized spacial score (nSPS) is 11.8. The smallest absolute Gasteiger partial charge is 0.335 e. The van der Waals surface area contributed by atoms with Crippen molar-refractivity contribution >= 4 is 17.6 Å². The van der Waals surface area contributed by atoms with Crippen molar-refractivity contribution in [2.45, 2.75) is 12.5 Å². The number of aromatic carboxylic acids is 1. The van der Waals surface area contributed by atoms with E-state index < -0.39 is 5.97 Å². The molecule has 0 aromatic heterocycles. The molecule has 0 aliphatic rings. The van der Waals surface area contributed by atoms with Gasteiger partial charge in [-0.2, -0.15) is 0 Å². The lowest BCUT2D eigenvalue weighted by molar-refractivity contribution is -0.118. The summed E-state index contributed by atoms with van der Waals surface area (Å²) in [5, 5.41) is 11.5. The van der Waals surface area contributed by atoms with Crippen molar-refractivity contribution in [3.8, 4) is 5.75 Å². The summed E-state index contributed by atoms with van der Waals surface area (Å²) in [6, 6.07) is 4.22. The van der Waals surface area contributed by atoms with Crippen molar-refractivity contribution < 1.29 is 24.2 Å². The third-order valence-electron chi connectivity index (χ3n) is 2.73. The molecule has 0 saturated heterocycles. The van der Waals surface area contributed by atoms with E-state index in [1.54, 1.807) is 0 Å². The van der Waals surface area contributed by atoms with Crippen LogP contribution in [0, 0.1) is 0 Å². The van der Waals surface area contributed by atoms with Crippen molar-refractivity contribution in [3.05, 3.63) is 23.8 Å². The average Bonchev–Trinajstić information content (AvgIpc) is 2.44.